The van der Waals surface area contributed by atoms with Crippen molar-refractivity contribution in [3.8, 4) is 0 Å². The molecule has 7 nitrogen and oxygen atoms in total. The number of nitro benzene ring substituents is 1. The molecule has 0 heterocycles. The van der Waals surface area contributed by atoms with Crippen LogP contribution in [0, 0.1) is 10.1 Å². The van der Waals surface area contributed by atoms with E-state index in [-0.39, 0.29) is 16.6 Å². The van der Waals surface area contributed by atoms with Gasteiger partial charge in [0.25, 0.3) is 5.69 Å². The summed E-state index contributed by atoms with van der Waals surface area (Å²) >= 11 is 0. The molecule has 0 unspecified atom stereocenters. The highest BCUT2D eigenvalue weighted by Gasteiger charge is 2.28. The van der Waals surface area contributed by atoms with Crippen LogP contribution in [0.1, 0.15) is 27.2 Å². The molecule has 0 saturated carbocycles. The van der Waals surface area contributed by atoms with E-state index in [1.165, 1.54) is 16.4 Å². The van der Waals surface area contributed by atoms with Gasteiger partial charge < -0.3 is 5.73 Å². The number of nitrogens with zero attached hydrogens (tertiary/aromatic N) is 2. The van der Waals surface area contributed by atoms with E-state index in [0.717, 1.165) is 6.07 Å². The molecule has 0 bridgehead atoms. The summed E-state index contributed by atoms with van der Waals surface area (Å²) in [5, 5.41) is 10.8. The Morgan fingerprint density at radius 2 is 2.00 bits per heavy atom. The summed E-state index contributed by atoms with van der Waals surface area (Å²) in [5.41, 5.74) is 5.03. The summed E-state index contributed by atoms with van der Waals surface area (Å²) in [6.45, 7) is 5.76. The molecular weight excluding hydrogens is 282 g/mol. The standard InChI is InChI=1S/C12H19N3O4S/c1-4-7-14(9(2)3)20(18,19)10-5-6-11(13)12(8-10)15(16)17/h5-6,8-9H,4,7,13H2,1-3H3. The van der Waals surface area contributed by atoms with Crippen LogP contribution in [0.3, 0.4) is 0 Å². The Morgan fingerprint density at radius 1 is 1.40 bits per heavy atom. The fourth-order valence-electron chi connectivity index (χ4n) is 1.85. The zero-order valence-corrected chi connectivity index (χ0v) is 12.6. The number of anilines is 1. The first-order valence-corrected chi connectivity index (χ1v) is 7.71. The largest absolute Gasteiger partial charge is 0.393 e. The Labute approximate surface area is 118 Å². The van der Waals surface area contributed by atoms with Crippen LogP contribution >= 0.6 is 0 Å². The molecule has 0 aliphatic carbocycles. The number of benzene rings is 1. The first-order valence-electron chi connectivity index (χ1n) is 6.27. The average Bonchev–Trinajstić information content (AvgIpc) is 2.35. The lowest BCUT2D eigenvalue weighted by Gasteiger charge is -2.25. The van der Waals surface area contributed by atoms with Crippen LogP contribution in [0.4, 0.5) is 11.4 Å². The number of hydrogen-bond acceptors (Lipinski definition) is 5. The average molecular weight is 301 g/mol. The van der Waals surface area contributed by atoms with Crippen LogP contribution in [-0.4, -0.2) is 30.2 Å². The van der Waals surface area contributed by atoms with Crippen LogP contribution in [-0.2, 0) is 10.0 Å². The molecule has 2 N–H and O–H groups in total. The second-order valence-electron chi connectivity index (χ2n) is 4.69. The Bertz CT molecular complexity index is 599. The zero-order valence-electron chi connectivity index (χ0n) is 11.7. The molecule has 8 heteroatoms. The van der Waals surface area contributed by atoms with Crippen LogP contribution in [0.5, 0.6) is 0 Å². The first kappa shape index (κ1) is 16.4. The predicted molar refractivity (Wildman–Crippen MR) is 76.8 cm³/mol. The summed E-state index contributed by atoms with van der Waals surface area (Å²) in [4.78, 5) is 10.1. The molecular formula is C12H19N3O4S. The molecule has 0 aliphatic heterocycles. The van der Waals surface area contributed by atoms with Gasteiger partial charge in [-0.1, -0.05) is 6.92 Å². The van der Waals surface area contributed by atoms with Crippen LogP contribution < -0.4 is 5.73 Å². The third-order valence-electron chi connectivity index (χ3n) is 2.83. The molecule has 0 amide bonds. The maximum Gasteiger partial charge on any atom is 0.293 e. The maximum absolute atomic E-state index is 12.5. The summed E-state index contributed by atoms with van der Waals surface area (Å²) in [7, 11) is -3.76. The van der Waals surface area contributed by atoms with Gasteiger partial charge in [-0.2, -0.15) is 4.31 Å². The van der Waals surface area contributed by atoms with Gasteiger partial charge in [0.2, 0.25) is 10.0 Å². The normalized spacial score (nSPS) is 12.1. The van der Waals surface area contributed by atoms with Crippen LogP contribution in [0.2, 0.25) is 0 Å². The molecule has 1 rings (SSSR count). The summed E-state index contributed by atoms with van der Waals surface area (Å²) < 4.78 is 26.3. The highest BCUT2D eigenvalue weighted by molar-refractivity contribution is 7.89. The highest BCUT2D eigenvalue weighted by atomic mass is 32.2. The van der Waals surface area contributed by atoms with Gasteiger partial charge in [0, 0.05) is 18.7 Å². The Balaban J connectivity index is 3.34. The van der Waals surface area contributed by atoms with E-state index in [2.05, 4.69) is 0 Å². The Hall–Kier alpha value is -1.67. The number of nitro groups is 1. The molecule has 0 radical (unpaired) electrons. The smallest absolute Gasteiger partial charge is 0.293 e. The van der Waals surface area contributed by atoms with Gasteiger partial charge in [0.15, 0.2) is 0 Å². The number of hydrogen-bond donors (Lipinski definition) is 1. The van der Waals surface area contributed by atoms with Gasteiger partial charge in [-0.15, -0.1) is 0 Å². The molecule has 0 aliphatic rings. The van der Waals surface area contributed by atoms with Gasteiger partial charge >= 0.3 is 0 Å². The maximum atomic E-state index is 12.5. The highest BCUT2D eigenvalue weighted by Crippen LogP contribution is 2.27. The van der Waals surface area contributed by atoms with Gasteiger partial charge in [-0.25, -0.2) is 8.42 Å². The third kappa shape index (κ3) is 3.26. The summed E-state index contributed by atoms with van der Waals surface area (Å²) in [6.07, 6.45) is 0.661. The molecule has 0 aromatic heterocycles. The Kier molecular flexibility index (Phi) is 5.07. The molecule has 20 heavy (non-hydrogen) atoms. The minimum atomic E-state index is -3.76. The van der Waals surface area contributed by atoms with Crippen molar-refractivity contribution in [3.63, 3.8) is 0 Å². The number of nitrogen functional groups attached to an aromatic ring is 1. The number of sulfonamides is 1. The lowest BCUT2D eigenvalue weighted by atomic mass is 10.3. The quantitative estimate of drug-likeness (QED) is 0.491. The van der Waals surface area contributed by atoms with E-state index in [9.17, 15) is 18.5 Å². The molecule has 112 valence electrons. The van der Waals surface area contributed by atoms with Crippen molar-refractivity contribution in [2.24, 2.45) is 0 Å². The molecule has 0 saturated heterocycles. The second kappa shape index (κ2) is 6.19. The van der Waals surface area contributed by atoms with E-state index >= 15 is 0 Å². The minimum Gasteiger partial charge on any atom is -0.393 e. The van der Waals surface area contributed by atoms with Gasteiger partial charge in [-0.3, -0.25) is 10.1 Å². The first-order chi connectivity index (χ1) is 9.21. The third-order valence-corrected chi connectivity index (χ3v) is 4.90. The van der Waals surface area contributed by atoms with E-state index in [1.54, 1.807) is 13.8 Å². The molecule has 1 aromatic rings. The van der Waals surface area contributed by atoms with Crippen molar-refractivity contribution in [3.05, 3.63) is 28.3 Å². The number of rotatable bonds is 6. The lowest BCUT2D eigenvalue weighted by Crippen LogP contribution is -2.37. The van der Waals surface area contributed by atoms with E-state index in [0.29, 0.717) is 13.0 Å². The Morgan fingerprint density at radius 3 is 2.45 bits per heavy atom. The summed E-state index contributed by atoms with van der Waals surface area (Å²) in [5.74, 6) is 0. The fourth-order valence-corrected chi connectivity index (χ4v) is 3.60. The van der Waals surface area contributed by atoms with E-state index < -0.39 is 20.6 Å². The van der Waals surface area contributed by atoms with Crippen molar-refractivity contribution >= 4 is 21.4 Å². The number of nitrogens with two attached hydrogens (primary N) is 1. The predicted octanol–water partition coefficient (Wildman–Crippen LogP) is 1.99. The van der Waals surface area contributed by atoms with Gasteiger partial charge in [0.05, 0.1) is 9.82 Å². The van der Waals surface area contributed by atoms with Crippen LogP contribution in [0.25, 0.3) is 0 Å². The summed E-state index contributed by atoms with van der Waals surface area (Å²) in [6, 6.07) is 3.32. The van der Waals surface area contributed by atoms with Crippen molar-refractivity contribution in [2.75, 3.05) is 12.3 Å². The lowest BCUT2D eigenvalue weighted by molar-refractivity contribution is -0.384. The van der Waals surface area contributed by atoms with Gasteiger partial charge in [0.1, 0.15) is 5.69 Å². The van der Waals surface area contributed by atoms with Crippen molar-refractivity contribution < 1.29 is 13.3 Å². The minimum absolute atomic E-state index is 0.0551. The van der Waals surface area contributed by atoms with Gasteiger partial charge in [-0.05, 0) is 32.4 Å². The SMILES string of the molecule is CCCN(C(C)C)S(=O)(=O)c1ccc(N)c([N+](=O)[O-])c1. The monoisotopic (exact) mass is 301 g/mol. The second-order valence-corrected chi connectivity index (χ2v) is 6.58. The molecule has 0 spiro atoms. The van der Waals surface area contributed by atoms with Crippen LogP contribution in [0.15, 0.2) is 23.1 Å². The van der Waals surface area contributed by atoms with E-state index in [4.69, 9.17) is 5.73 Å². The molecule has 0 atom stereocenters. The van der Waals surface area contributed by atoms with Crippen molar-refractivity contribution in [1.29, 1.82) is 0 Å². The topological polar surface area (TPSA) is 107 Å². The van der Waals surface area contributed by atoms with Crippen molar-refractivity contribution in [1.82, 2.24) is 4.31 Å². The molecule has 1 aromatic carbocycles. The zero-order chi connectivity index (χ0) is 15.5. The fraction of sp³-hybridized carbons (Fsp3) is 0.500. The van der Waals surface area contributed by atoms with Crippen molar-refractivity contribution in [2.45, 2.75) is 38.1 Å². The van der Waals surface area contributed by atoms with E-state index in [1.807, 2.05) is 6.92 Å². The molecule has 0 fully saturated rings.